The Kier molecular flexibility index (Phi) is 4.54. The Morgan fingerprint density at radius 3 is 1.38 bits per heavy atom. The smallest absolute Gasteiger partial charge is 0.232 e. The quantitative estimate of drug-likeness (QED) is 0.251. The number of aromatic amines is 2. The minimum atomic E-state index is -0.976. The van der Waals surface area contributed by atoms with Gasteiger partial charge in [0.25, 0.3) is 0 Å². The Morgan fingerprint density at radius 1 is 0.647 bits per heavy atom. The van der Waals surface area contributed by atoms with Crippen molar-refractivity contribution in [2.24, 2.45) is 0 Å². The standard InChI is InChI=1S/C24H18N2O8/c1-33-17-5-13-9(3-15(17)27)11(7-25-13)19-21(29)23(31)20(24(32)22(19)30)12-8-26-14-6-18(34-2)16(28)4-10(12)14/h3-8,25-29,32H,1-2H3. The van der Waals surface area contributed by atoms with Gasteiger partial charge in [0.2, 0.25) is 11.6 Å². The van der Waals surface area contributed by atoms with Gasteiger partial charge in [-0.2, -0.15) is 0 Å². The van der Waals surface area contributed by atoms with Crippen LogP contribution in [0.4, 0.5) is 0 Å². The fourth-order valence-electron chi connectivity index (χ4n) is 4.20. The predicted molar refractivity (Wildman–Crippen MR) is 122 cm³/mol. The van der Waals surface area contributed by atoms with Crippen molar-refractivity contribution in [2.75, 3.05) is 14.2 Å². The average Bonchev–Trinajstić information content (AvgIpc) is 3.41. The molecule has 1 aliphatic rings. The van der Waals surface area contributed by atoms with Gasteiger partial charge in [-0.15, -0.1) is 0 Å². The van der Waals surface area contributed by atoms with Crippen molar-refractivity contribution in [1.29, 1.82) is 0 Å². The third-order valence-corrected chi connectivity index (χ3v) is 5.86. The lowest BCUT2D eigenvalue weighted by Crippen LogP contribution is -2.22. The molecule has 2 aromatic carbocycles. The molecule has 0 aliphatic heterocycles. The number of rotatable bonds is 4. The molecule has 2 heterocycles. The maximum atomic E-state index is 13.2. The number of aliphatic hydroxyl groups is 2. The summed E-state index contributed by atoms with van der Waals surface area (Å²) in [6, 6.07) is 5.64. The second-order valence-corrected chi connectivity index (χ2v) is 7.65. The highest BCUT2D eigenvalue weighted by atomic mass is 16.5. The van der Waals surface area contributed by atoms with E-state index in [2.05, 4.69) is 9.97 Å². The third-order valence-electron chi connectivity index (χ3n) is 5.86. The molecule has 0 atom stereocenters. The molecule has 0 unspecified atom stereocenters. The van der Waals surface area contributed by atoms with Crippen molar-refractivity contribution in [3.63, 3.8) is 0 Å². The van der Waals surface area contributed by atoms with Gasteiger partial charge < -0.3 is 39.9 Å². The number of aromatic hydroxyl groups is 2. The molecule has 0 fully saturated rings. The Bertz CT molecular complexity index is 1480. The lowest BCUT2D eigenvalue weighted by Gasteiger charge is -2.18. The van der Waals surface area contributed by atoms with Crippen LogP contribution in [0, 0.1) is 0 Å². The van der Waals surface area contributed by atoms with Crippen LogP contribution in [0.15, 0.2) is 48.2 Å². The van der Waals surface area contributed by atoms with Crippen molar-refractivity contribution in [3.8, 4) is 23.0 Å². The molecule has 0 spiro atoms. The molecule has 4 aromatic rings. The first-order valence-corrected chi connectivity index (χ1v) is 9.99. The molecule has 0 saturated carbocycles. The Labute approximate surface area is 191 Å². The summed E-state index contributed by atoms with van der Waals surface area (Å²) in [6.07, 6.45) is 2.77. The SMILES string of the molecule is COc1cc2[nH]cc(C3=C(O)C(=O)C(c4c[nH]c5cc(OC)c(O)cc45)=C(O)C3=O)c2cc1O. The first-order chi connectivity index (χ1) is 16.3. The Balaban J connectivity index is 1.67. The zero-order chi connectivity index (χ0) is 24.3. The van der Waals surface area contributed by atoms with Crippen molar-refractivity contribution in [1.82, 2.24) is 9.97 Å². The number of benzene rings is 2. The summed E-state index contributed by atoms with van der Waals surface area (Å²) in [5.41, 5.74) is 0.366. The number of phenolic OH excluding ortho intramolecular Hbond substituents is 2. The van der Waals surface area contributed by atoms with E-state index in [0.717, 1.165) is 0 Å². The number of fused-ring (bicyclic) bond motifs is 2. The van der Waals surface area contributed by atoms with E-state index >= 15 is 0 Å². The summed E-state index contributed by atoms with van der Waals surface area (Å²) in [6.45, 7) is 0. The highest BCUT2D eigenvalue weighted by Crippen LogP contribution is 2.41. The van der Waals surface area contributed by atoms with Gasteiger partial charge >= 0.3 is 0 Å². The van der Waals surface area contributed by atoms with Gasteiger partial charge in [0.1, 0.15) is 0 Å². The Morgan fingerprint density at radius 2 is 1.03 bits per heavy atom. The minimum Gasteiger partial charge on any atom is -0.504 e. The molecule has 1 aliphatic carbocycles. The Hall–Kier alpha value is -4.86. The molecular formula is C24H18N2O8. The number of H-pyrrole nitrogens is 2. The molecule has 0 bridgehead atoms. The van der Waals surface area contributed by atoms with E-state index in [9.17, 15) is 30.0 Å². The summed E-state index contributed by atoms with van der Waals surface area (Å²) >= 11 is 0. The van der Waals surface area contributed by atoms with Crippen molar-refractivity contribution in [3.05, 3.63) is 59.3 Å². The second kappa shape index (κ2) is 7.34. The highest BCUT2D eigenvalue weighted by Gasteiger charge is 2.38. The normalized spacial score (nSPS) is 14.5. The molecule has 172 valence electrons. The predicted octanol–water partition coefficient (Wildman–Crippen LogP) is 3.47. The fourth-order valence-corrected chi connectivity index (χ4v) is 4.20. The van der Waals surface area contributed by atoms with E-state index < -0.39 is 34.2 Å². The molecular weight excluding hydrogens is 444 g/mol. The number of allylic oxidation sites excluding steroid dienone is 2. The number of hydrogen-bond donors (Lipinski definition) is 6. The summed E-state index contributed by atoms with van der Waals surface area (Å²) in [7, 11) is 2.76. The molecule has 2 aromatic heterocycles. The third kappa shape index (κ3) is 2.82. The average molecular weight is 462 g/mol. The number of aliphatic hydroxyl groups excluding tert-OH is 2. The number of phenols is 2. The lowest BCUT2D eigenvalue weighted by molar-refractivity contribution is -0.116. The molecule has 0 amide bonds. The van der Waals surface area contributed by atoms with Crippen LogP contribution in [-0.2, 0) is 9.59 Å². The number of hydrogen-bond acceptors (Lipinski definition) is 8. The van der Waals surface area contributed by atoms with Crippen LogP contribution in [0.25, 0.3) is 33.0 Å². The maximum absolute atomic E-state index is 13.2. The number of aromatic nitrogens is 2. The number of carbonyl (C=O) groups excluding carboxylic acids is 2. The van der Waals surface area contributed by atoms with Gasteiger partial charge in [-0.3, -0.25) is 9.59 Å². The largest absolute Gasteiger partial charge is 0.504 e. The monoisotopic (exact) mass is 462 g/mol. The van der Waals surface area contributed by atoms with Gasteiger partial charge in [0.15, 0.2) is 34.5 Å². The van der Waals surface area contributed by atoms with Crippen LogP contribution in [0.2, 0.25) is 0 Å². The van der Waals surface area contributed by atoms with E-state index in [4.69, 9.17) is 9.47 Å². The van der Waals surface area contributed by atoms with Crippen LogP contribution >= 0.6 is 0 Å². The lowest BCUT2D eigenvalue weighted by atomic mass is 9.86. The molecule has 10 nitrogen and oxygen atoms in total. The minimum absolute atomic E-state index is 0.121. The van der Waals surface area contributed by atoms with Crippen LogP contribution in [0.3, 0.4) is 0 Å². The van der Waals surface area contributed by atoms with Crippen LogP contribution in [0.1, 0.15) is 11.1 Å². The summed E-state index contributed by atoms with van der Waals surface area (Å²) in [5, 5.41) is 42.6. The van der Waals surface area contributed by atoms with E-state index in [-0.39, 0.29) is 34.1 Å². The summed E-state index contributed by atoms with van der Waals surface area (Å²) in [4.78, 5) is 32.2. The highest BCUT2D eigenvalue weighted by molar-refractivity contribution is 6.48. The van der Waals surface area contributed by atoms with Crippen molar-refractivity contribution in [2.45, 2.75) is 0 Å². The molecule has 5 rings (SSSR count). The number of nitrogens with one attached hydrogen (secondary N) is 2. The van der Waals surface area contributed by atoms with Gasteiger partial charge in [-0.25, -0.2) is 0 Å². The van der Waals surface area contributed by atoms with Gasteiger partial charge in [-0.1, -0.05) is 0 Å². The van der Waals surface area contributed by atoms with E-state index in [0.29, 0.717) is 21.8 Å². The number of Topliss-reactive ketones (excluding diaryl/α,β-unsaturated/α-hetero) is 2. The zero-order valence-corrected chi connectivity index (χ0v) is 17.9. The molecule has 0 radical (unpaired) electrons. The van der Waals surface area contributed by atoms with Crippen LogP contribution in [-0.4, -0.2) is 56.2 Å². The van der Waals surface area contributed by atoms with E-state index in [1.807, 2.05) is 0 Å². The summed E-state index contributed by atoms with van der Waals surface area (Å²) in [5.74, 6) is -3.71. The number of ether oxygens (including phenoxy) is 2. The maximum Gasteiger partial charge on any atom is 0.232 e. The van der Waals surface area contributed by atoms with Crippen LogP contribution in [0.5, 0.6) is 23.0 Å². The van der Waals surface area contributed by atoms with Gasteiger partial charge in [0, 0.05) is 57.5 Å². The molecule has 6 N–H and O–H groups in total. The van der Waals surface area contributed by atoms with E-state index in [1.165, 1.54) is 50.9 Å². The molecule has 0 saturated heterocycles. The number of ketones is 2. The van der Waals surface area contributed by atoms with Crippen LogP contribution < -0.4 is 9.47 Å². The van der Waals surface area contributed by atoms with Gasteiger partial charge in [-0.05, 0) is 12.1 Å². The van der Waals surface area contributed by atoms with E-state index in [1.54, 1.807) is 0 Å². The number of carbonyl (C=O) groups is 2. The van der Waals surface area contributed by atoms with Crippen molar-refractivity contribution >= 4 is 44.5 Å². The fraction of sp³-hybridized carbons (Fsp3) is 0.0833. The second-order valence-electron chi connectivity index (χ2n) is 7.65. The molecule has 10 heteroatoms. The number of methoxy groups -OCH3 is 2. The first kappa shape index (κ1) is 21.0. The topological polar surface area (TPSA) is 165 Å². The van der Waals surface area contributed by atoms with Gasteiger partial charge in [0.05, 0.1) is 25.4 Å². The first-order valence-electron chi connectivity index (χ1n) is 9.99. The zero-order valence-electron chi connectivity index (χ0n) is 17.9. The van der Waals surface area contributed by atoms with Crippen molar-refractivity contribution < 1.29 is 39.5 Å². The summed E-state index contributed by atoms with van der Waals surface area (Å²) < 4.78 is 10.1. The molecule has 34 heavy (non-hydrogen) atoms.